The molecule has 0 aromatic carbocycles. The normalized spacial score (nSPS) is 34.2. The highest BCUT2D eigenvalue weighted by atomic mass is 16.7. The molecule has 4 atom stereocenters. The molecular weight excluding hydrogens is 216 g/mol. The molecular formula is C10H16O6. The molecule has 6 nitrogen and oxygen atoms in total. The van der Waals surface area contributed by atoms with Crippen molar-refractivity contribution in [2.75, 3.05) is 0 Å². The molecule has 0 aliphatic carbocycles. The summed E-state index contributed by atoms with van der Waals surface area (Å²) in [6, 6.07) is 0. The third-order valence-electron chi connectivity index (χ3n) is 2.29. The van der Waals surface area contributed by atoms with Crippen LogP contribution in [-0.2, 0) is 23.8 Å². The Morgan fingerprint density at radius 1 is 1.19 bits per heavy atom. The molecule has 1 aliphatic heterocycles. The Kier molecular flexibility index (Phi) is 4.26. The van der Waals surface area contributed by atoms with Gasteiger partial charge in [0.1, 0.15) is 6.10 Å². The van der Waals surface area contributed by atoms with Gasteiger partial charge in [0, 0.05) is 20.3 Å². The first-order valence-corrected chi connectivity index (χ1v) is 5.08. The van der Waals surface area contributed by atoms with Gasteiger partial charge in [-0.15, -0.1) is 0 Å². The number of rotatable bonds is 2. The molecule has 0 aromatic rings. The predicted octanol–water partition coefficient (Wildman–Crippen LogP) is -0.0230. The molecule has 0 bridgehead atoms. The monoisotopic (exact) mass is 232 g/mol. The Balaban J connectivity index is 2.60. The smallest absolute Gasteiger partial charge is 0.303 e. The van der Waals surface area contributed by atoms with Gasteiger partial charge in [-0.25, -0.2) is 0 Å². The van der Waals surface area contributed by atoms with Crippen molar-refractivity contribution < 1.29 is 28.9 Å². The number of hydrogen-bond acceptors (Lipinski definition) is 6. The van der Waals surface area contributed by atoms with E-state index in [-0.39, 0.29) is 6.42 Å². The average Bonchev–Trinajstić information content (AvgIpc) is 2.11. The lowest BCUT2D eigenvalue weighted by Crippen LogP contribution is -2.49. The van der Waals surface area contributed by atoms with Crippen LogP contribution in [0.2, 0.25) is 0 Å². The standard InChI is InChI=1S/C10H16O6/c1-5-8(15-6(2)11)4-9(10(13)14-5)16-7(3)12/h5,8-10,13H,4H2,1-3H3/t5-,8+,9-,10+/m1/s1. The highest BCUT2D eigenvalue weighted by Gasteiger charge is 2.38. The van der Waals surface area contributed by atoms with Crippen molar-refractivity contribution in [3.8, 4) is 0 Å². The molecule has 16 heavy (non-hydrogen) atoms. The van der Waals surface area contributed by atoms with E-state index < -0.39 is 36.5 Å². The number of aliphatic hydroxyl groups excluding tert-OH is 1. The van der Waals surface area contributed by atoms with Crippen LogP contribution in [0, 0.1) is 0 Å². The van der Waals surface area contributed by atoms with E-state index in [1.165, 1.54) is 13.8 Å². The second-order valence-electron chi connectivity index (χ2n) is 3.76. The summed E-state index contributed by atoms with van der Waals surface area (Å²) in [5, 5.41) is 9.50. The summed E-state index contributed by atoms with van der Waals surface area (Å²) in [4.78, 5) is 21.6. The average molecular weight is 232 g/mol. The lowest BCUT2D eigenvalue weighted by molar-refractivity contribution is -0.252. The van der Waals surface area contributed by atoms with Crippen molar-refractivity contribution in [1.82, 2.24) is 0 Å². The summed E-state index contributed by atoms with van der Waals surface area (Å²) in [7, 11) is 0. The van der Waals surface area contributed by atoms with E-state index in [0.717, 1.165) is 0 Å². The van der Waals surface area contributed by atoms with Gasteiger partial charge in [-0.3, -0.25) is 9.59 Å². The van der Waals surface area contributed by atoms with Crippen molar-refractivity contribution in [1.29, 1.82) is 0 Å². The van der Waals surface area contributed by atoms with Crippen LogP contribution in [0.5, 0.6) is 0 Å². The molecule has 92 valence electrons. The Labute approximate surface area is 93.5 Å². The van der Waals surface area contributed by atoms with Crippen molar-refractivity contribution >= 4 is 11.9 Å². The fourth-order valence-electron chi connectivity index (χ4n) is 1.61. The van der Waals surface area contributed by atoms with E-state index in [0.29, 0.717) is 0 Å². The maximum absolute atomic E-state index is 10.8. The van der Waals surface area contributed by atoms with Gasteiger partial charge in [0.25, 0.3) is 0 Å². The topological polar surface area (TPSA) is 82.1 Å². The fraction of sp³-hybridized carbons (Fsp3) is 0.800. The summed E-state index contributed by atoms with van der Waals surface area (Å²) >= 11 is 0. The van der Waals surface area contributed by atoms with Crippen LogP contribution in [0.25, 0.3) is 0 Å². The summed E-state index contributed by atoms with van der Waals surface area (Å²) in [6.07, 6.45) is -2.67. The Morgan fingerprint density at radius 2 is 1.69 bits per heavy atom. The van der Waals surface area contributed by atoms with Gasteiger partial charge in [0.15, 0.2) is 12.4 Å². The molecule has 1 aliphatic rings. The number of carbonyl (C=O) groups is 2. The molecule has 1 saturated heterocycles. The van der Waals surface area contributed by atoms with E-state index >= 15 is 0 Å². The van der Waals surface area contributed by atoms with E-state index in [9.17, 15) is 14.7 Å². The molecule has 0 aromatic heterocycles. The quantitative estimate of drug-likeness (QED) is 0.674. The van der Waals surface area contributed by atoms with Gasteiger partial charge in [0.2, 0.25) is 0 Å². The molecule has 0 spiro atoms. The number of carbonyl (C=O) groups excluding carboxylic acids is 2. The molecule has 1 heterocycles. The molecule has 1 N–H and O–H groups in total. The second-order valence-corrected chi connectivity index (χ2v) is 3.76. The number of aliphatic hydroxyl groups is 1. The zero-order chi connectivity index (χ0) is 12.3. The second kappa shape index (κ2) is 5.27. The summed E-state index contributed by atoms with van der Waals surface area (Å²) in [5.74, 6) is -0.942. The number of esters is 2. The first-order valence-electron chi connectivity index (χ1n) is 5.08. The molecule has 0 unspecified atom stereocenters. The molecule has 0 radical (unpaired) electrons. The van der Waals surface area contributed by atoms with E-state index in [2.05, 4.69) is 0 Å². The van der Waals surface area contributed by atoms with Crippen molar-refractivity contribution in [2.24, 2.45) is 0 Å². The van der Waals surface area contributed by atoms with Crippen molar-refractivity contribution in [3.05, 3.63) is 0 Å². The highest BCUT2D eigenvalue weighted by molar-refractivity contribution is 5.66. The Hall–Kier alpha value is -1.14. The lowest BCUT2D eigenvalue weighted by atomic mass is 10.0. The van der Waals surface area contributed by atoms with Crippen LogP contribution < -0.4 is 0 Å². The zero-order valence-corrected chi connectivity index (χ0v) is 9.50. The molecule has 1 fully saturated rings. The largest absolute Gasteiger partial charge is 0.460 e. The third kappa shape index (κ3) is 3.46. The fourth-order valence-corrected chi connectivity index (χ4v) is 1.61. The molecule has 6 heteroatoms. The van der Waals surface area contributed by atoms with Crippen LogP contribution >= 0.6 is 0 Å². The predicted molar refractivity (Wildman–Crippen MR) is 52.3 cm³/mol. The lowest BCUT2D eigenvalue weighted by Gasteiger charge is -2.36. The molecule has 1 rings (SSSR count). The summed E-state index contributed by atoms with van der Waals surface area (Å²) in [6.45, 7) is 4.21. The number of ether oxygens (including phenoxy) is 3. The molecule has 0 saturated carbocycles. The maximum Gasteiger partial charge on any atom is 0.303 e. The first kappa shape index (κ1) is 12.9. The van der Waals surface area contributed by atoms with Gasteiger partial charge < -0.3 is 19.3 Å². The summed E-state index contributed by atoms with van der Waals surface area (Å²) < 4.78 is 15.0. The van der Waals surface area contributed by atoms with Gasteiger partial charge in [-0.2, -0.15) is 0 Å². The highest BCUT2D eigenvalue weighted by Crippen LogP contribution is 2.23. The van der Waals surface area contributed by atoms with Gasteiger partial charge in [-0.1, -0.05) is 0 Å². The van der Waals surface area contributed by atoms with Crippen LogP contribution in [-0.4, -0.2) is 41.6 Å². The van der Waals surface area contributed by atoms with Crippen LogP contribution in [0.15, 0.2) is 0 Å². The van der Waals surface area contributed by atoms with E-state index in [4.69, 9.17) is 14.2 Å². The van der Waals surface area contributed by atoms with Gasteiger partial charge in [0.05, 0.1) is 6.10 Å². The Bertz CT molecular complexity index is 250. The SMILES string of the molecule is CC(=O)O[C@H]1C[C@@H](OC(C)=O)[C@@H](O)O[C@@H]1C. The minimum absolute atomic E-state index is 0.238. The van der Waals surface area contributed by atoms with Crippen LogP contribution in [0.3, 0.4) is 0 Å². The van der Waals surface area contributed by atoms with E-state index in [1.54, 1.807) is 6.92 Å². The third-order valence-corrected chi connectivity index (χ3v) is 2.29. The van der Waals surface area contributed by atoms with Crippen LogP contribution in [0.1, 0.15) is 27.2 Å². The first-order chi connectivity index (χ1) is 7.40. The minimum Gasteiger partial charge on any atom is -0.460 e. The zero-order valence-electron chi connectivity index (χ0n) is 9.50. The van der Waals surface area contributed by atoms with Crippen molar-refractivity contribution in [3.63, 3.8) is 0 Å². The van der Waals surface area contributed by atoms with Gasteiger partial charge in [-0.05, 0) is 6.92 Å². The maximum atomic E-state index is 10.8. The van der Waals surface area contributed by atoms with Gasteiger partial charge >= 0.3 is 11.9 Å². The van der Waals surface area contributed by atoms with Crippen molar-refractivity contribution in [2.45, 2.75) is 51.8 Å². The minimum atomic E-state index is -1.18. The van der Waals surface area contributed by atoms with E-state index in [1.807, 2.05) is 0 Å². The molecule has 0 amide bonds. The Morgan fingerprint density at radius 3 is 2.19 bits per heavy atom. The summed E-state index contributed by atoms with van der Waals surface area (Å²) in [5.41, 5.74) is 0. The van der Waals surface area contributed by atoms with Crippen LogP contribution in [0.4, 0.5) is 0 Å². The number of hydrogen-bond donors (Lipinski definition) is 1.